The lowest BCUT2D eigenvalue weighted by atomic mass is 9.90. The number of aryl methyl sites for hydroxylation is 1. The molecule has 1 aromatic heterocycles. The third-order valence-electron chi connectivity index (χ3n) is 6.47. The highest BCUT2D eigenvalue weighted by molar-refractivity contribution is 7.08. The van der Waals surface area contributed by atoms with Gasteiger partial charge in [-0.2, -0.15) is 0 Å². The summed E-state index contributed by atoms with van der Waals surface area (Å²) in [5.41, 5.74) is 8.82. The van der Waals surface area contributed by atoms with E-state index >= 15 is 0 Å². The number of aromatic nitrogens is 2. The van der Waals surface area contributed by atoms with Crippen molar-refractivity contribution in [2.75, 3.05) is 19.5 Å². The Morgan fingerprint density at radius 2 is 1.83 bits per heavy atom. The molecule has 0 bridgehead atoms. The molecule has 2 amide bonds. The molecule has 9 nitrogen and oxygen atoms in total. The minimum atomic E-state index is -0.251. The zero-order valence-electron chi connectivity index (χ0n) is 20.7. The zero-order valence-corrected chi connectivity index (χ0v) is 21.5. The number of hydrogen-bond donors (Lipinski definition) is 2. The first-order valence-corrected chi connectivity index (χ1v) is 12.6. The summed E-state index contributed by atoms with van der Waals surface area (Å²) in [5, 5.41) is 6.82. The van der Waals surface area contributed by atoms with Crippen LogP contribution >= 0.6 is 11.5 Å². The first kappa shape index (κ1) is 25.6. The van der Waals surface area contributed by atoms with Crippen LogP contribution in [0.5, 0.6) is 11.5 Å². The van der Waals surface area contributed by atoms with Crippen molar-refractivity contribution in [3.8, 4) is 11.5 Å². The second-order valence-electron chi connectivity index (χ2n) is 8.91. The third kappa shape index (κ3) is 5.83. The number of nitrogens with one attached hydrogen (secondary N) is 1. The average Bonchev–Trinajstić information content (AvgIpc) is 3.33. The number of nitrogens with zero attached hydrogens (tertiary/aromatic N) is 3. The van der Waals surface area contributed by atoms with Gasteiger partial charge in [0, 0.05) is 29.9 Å². The summed E-state index contributed by atoms with van der Waals surface area (Å²) in [6.07, 6.45) is 3.43. The molecule has 0 unspecified atom stereocenters. The van der Waals surface area contributed by atoms with Gasteiger partial charge in [-0.25, -0.2) is 0 Å². The van der Waals surface area contributed by atoms with Crippen LogP contribution in [0.2, 0.25) is 0 Å². The predicted octanol–water partition coefficient (Wildman–Crippen LogP) is 4.03. The van der Waals surface area contributed by atoms with E-state index in [1.807, 2.05) is 29.2 Å². The fraction of sp³-hybridized carbons (Fsp3) is 0.385. The quantitative estimate of drug-likeness (QED) is 0.470. The smallest absolute Gasteiger partial charge is 0.269 e. The first-order valence-electron chi connectivity index (χ1n) is 11.9. The van der Waals surface area contributed by atoms with E-state index in [0.29, 0.717) is 39.9 Å². The maximum absolute atomic E-state index is 13.8. The highest BCUT2D eigenvalue weighted by Gasteiger charge is 2.29. The number of amides is 2. The lowest BCUT2D eigenvalue weighted by Gasteiger charge is -2.36. The van der Waals surface area contributed by atoms with E-state index in [0.717, 1.165) is 42.8 Å². The number of benzene rings is 2. The number of ether oxygens (including phenoxy) is 2. The largest absolute Gasteiger partial charge is 0.493 e. The van der Waals surface area contributed by atoms with Crippen molar-refractivity contribution >= 4 is 29.0 Å². The molecular formula is C26H31N5O4S. The molecule has 1 fully saturated rings. The number of methoxy groups -OCH3 is 2. The molecule has 1 heterocycles. The van der Waals surface area contributed by atoms with Crippen LogP contribution in [-0.4, -0.2) is 52.6 Å². The van der Waals surface area contributed by atoms with Gasteiger partial charge in [-0.3, -0.25) is 9.59 Å². The minimum Gasteiger partial charge on any atom is -0.493 e. The molecule has 1 saturated carbocycles. The molecule has 2 aromatic carbocycles. The highest BCUT2D eigenvalue weighted by atomic mass is 32.1. The van der Waals surface area contributed by atoms with Crippen molar-refractivity contribution in [3.05, 3.63) is 64.2 Å². The number of anilines is 1. The average molecular weight is 510 g/mol. The summed E-state index contributed by atoms with van der Waals surface area (Å²) in [7, 11) is 3.12. The molecular weight excluding hydrogens is 478 g/mol. The summed E-state index contributed by atoms with van der Waals surface area (Å²) in [5.74, 6) is 0.738. The van der Waals surface area contributed by atoms with Crippen LogP contribution in [0, 0.1) is 6.92 Å². The Bertz CT molecular complexity index is 1220. The Morgan fingerprint density at radius 1 is 1.08 bits per heavy atom. The molecule has 3 aromatic rings. The van der Waals surface area contributed by atoms with Gasteiger partial charge in [-0.15, -0.1) is 5.10 Å². The lowest BCUT2D eigenvalue weighted by Crippen LogP contribution is -2.43. The van der Waals surface area contributed by atoms with Crippen LogP contribution in [0.25, 0.3) is 0 Å². The molecule has 190 valence electrons. The molecule has 0 radical (unpaired) electrons. The number of rotatable bonds is 8. The molecule has 3 N–H and O–H groups in total. The van der Waals surface area contributed by atoms with E-state index in [1.165, 1.54) is 0 Å². The normalized spacial score (nSPS) is 17.3. The predicted molar refractivity (Wildman–Crippen MR) is 139 cm³/mol. The van der Waals surface area contributed by atoms with Crippen LogP contribution in [0.4, 0.5) is 5.69 Å². The fourth-order valence-corrected chi connectivity index (χ4v) is 5.04. The van der Waals surface area contributed by atoms with E-state index in [-0.39, 0.29) is 23.9 Å². The first-order chi connectivity index (χ1) is 17.4. The molecule has 1 aliphatic carbocycles. The molecule has 36 heavy (non-hydrogen) atoms. The Balaban J connectivity index is 1.58. The van der Waals surface area contributed by atoms with Gasteiger partial charge < -0.3 is 25.4 Å². The number of hydrogen-bond acceptors (Lipinski definition) is 8. The maximum Gasteiger partial charge on any atom is 0.269 e. The number of carbonyl (C=O) groups excluding carboxylic acids is 2. The van der Waals surface area contributed by atoms with Crippen molar-refractivity contribution in [2.45, 2.75) is 51.2 Å². The maximum atomic E-state index is 13.8. The summed E-state index contributed by atoms with van der Waals surface area (Å²) >= 11 is 1.06. The van der Waals surface area contributed by atoms with Crippen molar-refractivity contribution in [1.82, 2.24) is 14.5 Å². The third-order valence-corrected chi connectivity index (χ3v) is 7.30. The van der Waals surface area contributed by atoms with Crippen molar-refractivity contribution in [3.63, 3.8) is 0 Å². The molecule has 0 atom stereocenters. The lowest BCUT2D eigenvalue weighted by molar-refractivity contribution is 0.0606. The van der Waals surface area contributed by atoms with E-state index in [2.05, 4.69) is 14.9 Å². The van der Waals surface area contributed by atoms with Gasteiger partial charge in [-0.1, -0.05) is 16.6 Å². The number of nitrogens with two attached hydrogens (primary N) is 1. The van der Waals surface area contributed by atoms with Crippen LogP contribution in [-0.2, 0) is 6.54 Å². The zero-order chi connectivity index (χ0) is 25.7. The molecule has 0 aliphatic heterocycles. The van der Waals surface area contributed by atoms with Gasteiger partial charge in [0.15, 0.2) is 11.5 Å². The van der Waals surface area contributed by atoms with E-state index in [9.17, 15) is 9.59 Å². The molecule has 10 heteroatoms. The van der Waals surface area contributed by atoms with Gasteiger partial charge in [0.1, 0.15) is 4.88 Å². The summed E-state index contributed by atoms with van der Waals surface area (Å²) in [6, 6.07) is 13.0. The van der Waals surface area contributed by atoms with E-state index < -0.39 is 0 Å². The number of carbonyl (C=O) groups is 2. The van der Waals surface area contributed by atoms with E-state index in [1.54, 1.807) is 39.3 Å². The van der Waals surface area contributed by atoms with Gasteiger partial charge in [-0.05, 0) is 80.0 Å². The highest BCUT2D eigenvalue weighted by Crippen LogP contribution is 2.31. The Labute approximate surface area is 214 Å². The summed E-state index contributed by atoms with van der Waals surface area (Å²) < 4.78 is 14.6. The van der Waals surface area contributed by atoms with Crippen LogP contribution in [0.1, 0.15) is 57.0 Å². The second kappa shape index (κ2) is 11.5. The van der Waals surface area contributed by atoms with Gasteiger partial charge in [0.05, 0.1) is 19.9 Å². The van der Waals surface area contributed by atoms with Gasteiger partial charge >= 0.3 is 0 Å². The summed E-state index contributed by atoms with van der Waals surface area (Å²) in [6.45, 7) is 2.15. The van der Waals surface area contributed by atoms with E-state index in [4.69, 9.17) is 15.2 Å². The molecule has 0 spiro atoms. The van der Waals surface area contributed by atoms with Gasteiger partial charge in [0.25, 0.3) is 11.8 Å². The molecule has 0 saturated heterocycles. The Kier molecular flexibility index (Phi) is 8.17. The van der Waals surface area contributed by atoms with Crippen molar-refractivity contribution in [2.24, 2.45) is 5.73 Å². The summed E-state index contributed by atoms with van der Waals surface area (Å²) in [4.78, 5) is 28.8. The van der Waals surface area contributed by atoms with Gasteiger partial charge in [0.2, 0.25) is 0 Å². The second-order valence-corrected chi connectivity index (χ2v) is 9.67. The fourth-order valence-electron chi connectivity index (χ4n) is 4.49. The monoisotopic (exact) mass is 509 g/mol. The Hall–Kier alpha value is -3.50. The van der Waals surface area contributed by atoms with Crippen LogP contribution < -0.4 is 20.5 Å². The molecule has 1 aliphatic rings. The SMILES string of the molecule is COc1ccc(C(=O)N(Cc2cccc(NC(=O)c3snnc3C)c2)C2CCC(N)CC2)cc1OC. The minimum absolute atomic E-state index is 0.0644. The Morgan fingerprint density at radius 3 is 2.50 bits per heavy atom. The van der Waals surface area contributed by atoms with Crippen molar-refractivity contribution in [1.29, 1.82) is 0 Å². The van der Waals surface area contributed by atoms with Crippen molar-refractivity contribution < 1.29 is 19.1 Å². The van der Waals surface area contributed by atoms with Crippen LogP contribution in [0.15, 0.2) is 42.5 Å². The van der Waals surface area contributed by atoms with Crippen LogP contribution in [0.3, 0.4) is 0 Å². The standard InChI is InChI=1S/C26H31N5O4S/c1-16-24(36-30-29-16)25(32)28-20-6-4-5-17(13-20)15-31(21-10-8-19(27)9-11-21)26(33)18-7-12-22(34-2)23(14-18)35-3/h4-7,12-14,19,21H,8-11,15,27H2,1-3H3,(H,28,32). The topological polar surface area (TPSA) is 120 Å². The molecule has 4 rings (SSSR count).